The molecule has 0 spiro atoms. The van der Waals surface area contributed by atoms with Crippen molar-refractivity contribution in [3.05, 3.63) is 18.4 Å². The number of nitrogens with zero attached hydrogens (tertiary/aromatic N) is 1. The molecule has 0 aliphatic carbocycles. The lowest BCUT2D eigenvalue weighted by atomic mass is 10.2. The Hall–Kier alpha value is -0.950. The highest BCUT2D eigenvalue weighted by Crippen LogP contribution is 2.30. The average molecular weight is 211 g/mol. The summed E-state index contributed by atoms with van der Waals surface area (Å²) >= 11 is 0. The minimum Gasteiger partial charge on any atom is -0.445 e. The summed E-state index contributed by atoms with van der Waals surface area (Å²) in [5, 5.41) is 6.47. The lowest BCUT2D eigenvalue weighted by Gasteiger charge is -2.30. The fourth-order valence-electron chi connectivity index (χ4n) is 2.01. The van der Waals surface area contributed by atoms with Crippen molar-refractivity contribution in [1.82, 2.24) is 15.6 Å². The van der Waals surface area contributed by atoms with Gasteiger partial charge in [-0.05, 0) is 0 Å². The molecular weight excluding hydrogens is 198 g/mol. The summed E-state index contributed by atoms with van der Waals surface area (Å²) in [5.41, 5.74) is -0.764. The molecule has 2 aliphatic rings. The van der Waals surface area contributed by atoms with Crippen LogP contribution in [0.2, 0.25) is 0 Å². The van der Waals surface area contributed by atoms with Crippen molar-refractivity contribution >= 4 is 0 Å². The Morgan fingerprint density at radius 3 is 3.00 bits per heavy atom. The number of nitrogens with one attached hydrogen (secondary N) is 2. The van der Waals surface area contributed by atoms with Crippen LogP contribution in [0.1, 0.15) is 5.89 Å². The normalized spacial score (nSPS) is 36.1. The van der Waals surface area contributed by atoms with E-state index >= 15 is 0 Å². The van der Waals surface area contributed by atoms with Gasteiger partial charge in [-0.25, -0.2) is 4.98 Å². The Kier molecular flexibility index (Phi) is 2.21. The zero-order valence-electron chi connectivity index (χ0n) is 8.23. The van der Waals surface area contributed by atoms with Crippen LogP contribution in [0.4, 0.5) is 0 Å². The van der Waals surface area contributed by atoms with Crippen molar-refractivity contribution in [2.45, 2.75) is 12.0 Å². The molecular formula is C9H13N3O3. The van der Waals surface area contributed by atoms with Crippen LogP contribution in [0.25, 0.3) is 0 Å². The molecule has 15 heavy (non-hydrogen) atoms. The predicted octanol–water partition coefficient (Wildman–Crippen LogP) is -0.607. The largest absolute Gasteiger partial charge is 0.445 e. The van der Waals surface area contributed by atoms with Crippen molar-refractivity contribution < 1.29 is 13.9 Å². The lowest BCUT2D eigenvalue weighted by Crippen LogP contribution is -2.54. The molecule has 2 atom stereocenters. The maximum Gasteiger partial charge on any atom is 0.246 e. The highest BCUT2D eigenvalue weighted by atomic mass is 16.6. The predicted molar refractivity (Wildman–Crippen MR) is 49.9 cm³/mol. The highest BCUT2D eigenvalue weighted by molar-refractivity contribution is 5.04. The molecule has 0 aromatic carbocycles. The van der Waals surface area contributed by atoms with Crippen molar-refractivity contribution in [1.29, 1.82) is 0 Å². The van der Waals surface area contributed by atoms with E-state index in [4.69, 9.17) is 13.9 Å². The van der Waals surface area contributed by atoms with Crippen LogP contribution >= 0.6 is 0 Å². The highest BCUT2D eigenvalue weighted by Gasteiger charge is 2.50. The van der Waals surface area contributed by atoms with Crippen molar-refractivity contribution in [2.75, 3.05) is 26.3 Å². The van der Waals surface area contributed by atoms with Gasteiger partial charge in [0.2, 0.25) is 11.6 Å². The first-order valence-electron chi connectivity index (χ1n) is 5.06. The third kappa shape index (κ3) is 1.37. The molecule has 3 rings (SSSR count). The second-order valence-corrected chi connectivity index (χ2v) is 3.55. The number of hydrogen-bond donors (Lipinski definition) is 2. The summed E-state index contributed by atoms with van der Waals surface area (Å²) in [6, 6.07) is 0. The van der Waals surface area contributed by atoms with Crippen LogP contribution in [0.5, 0.6) is 0 Å². The molecule has 0 radical (unpaired) electrons. The van der Waals surface area contributed by atoms with Gasteiger partial charge in [-0.3, -0.25) is 10.6 Å². The van der Waals surface area contributed by atoms with Gasteiger partial charge in [0.15, 0.2) is 6.23 Å². The molecule has 2 unspecified atom stereocenters. The number of rotatable bonds is 2. The van der Waals surface area contributed by atoms with Crippen LogP contribution in [0.15, 0.2) is 16.9 Å². The summed E-state index contributed by atoms with van der Waals surface area (Å²) in [7, 11) is 0. The first-order chi connectivity index (χ1) is 7.42. The zero-order chi connectivity index (χ0) is 10.1. The van der Waals surface area contributed by atoms with E-state index in [0.717, 1.165) is 13.1 Å². The quantitative estimate of drug-likeness (QED) is 0.680. The number of ether oxygens (including phenoxy) is 2. The topological polar surface area (TPSA) is 68.6 Å². The minimum absolute atomic E-state index is 0.237. The molecule has 0 amide bonds. The van der Waals surface area contributed by atoms with Gasteiger partial charge in [0.05, 0.1) is 19.4 Å². The van der Waals surface area contributed by atoms with Gasteiger partial charge in [0.1, 0.15) is 6.26 Å². The van der Waals surface area contributed by atoms with Crippen molar-refractivity contribution in [2.24, 2.45) is 0 Å². The molecule has 2 N–H and O–H groups in total. The number of aromatic nitrogens is 1. The Bertz CT molecular complexity index is 315. The summed E-state index contributed by atoms with van der Waals surface area (Å²) in [6.07, 6.45) is 2.91. The lowest BCUT2D eigenvalue weighted by molar-refractivity contribution is -0.137. The van der Waals surface area contributed by atoms with E-state index in [9.17, 15) is 0 Å². The van der Waals surface area contributed by atoms with E-state index in [1.807, 2.05) is 0 Å². The zero-order valence-corrected chi connectivity index (χ0v) is 8.23. The van der Waals surface area contributed by atoms with Gasteiger partial charge in [0, 0.05) is 13.1 Å². The maximum absolute atomic E-state index is 5.71. The van der Waals surface area contributed by atoms with Crippen LogP contribution in [-0.2, 0) is 15.2 Å². The summed E-state index contributed by atoms with van der Waals surface area (Å²) in [5.74, 6) is 0.513. The fraction of sp³-hybridized carbons (Fsp3) is 0.667. The molecule has 6 heteroatoms. The molecule has 0 saturated carbocycles. The van der Waals surface area contributed by atoms with E-state index in [2.05, 4.69) is 15.6 Å². The van der Waals surface area contributed by atoms with Gasteiger partial charge >= 0.3 is 0 Å². The first kappa shape index (κ1) is 9.29. The first-order valence-corrected chi connectivity index (χ1v) is 5.06. The molecule has 6 nitrogen and oxygen atoms in total. The van der Waals surface area contributed by atoms with E-state index in [1.54, 1.807) is 6.20 Å². The molecule has 3 heterocycles. The number of oxazole rings is 1. The standard InChI is InChI=1S/C9H13N3O3/c1-4-13-7(10-1)9(12-3-6-15-9)8-11-2-5-14-8/h1,4,8,11-12H,2-3,5-6H2. The van der Waals surface area contributed by atoms with E-state index < -0.39 is 5.72 Å². The smallest absolute Gasteiger partial charge is 0.246 e. The summed E-state index contributed by atoms with van der Waals surface area (Å²) in [6.45, 7) is 2.89. The van der Waals surface area contributed by atoms with Crippen molar-refractivity contribution in [3.8, 4) is 0 Å². The second kappa shape index (κ2) is 3.57. The Labute approximate surface area is 87.0 Å². The molecule has 1 aromatic heterocycles. The Morgan fingerprint density at radius 2 is 2.40 bits per heavy atom. The Morgan fingerprint density at radius 1 is 1.40 bits per heavy atom. The summed E-state index contributed by atoms with van der Waals surface area (Å²) < 4.78 is 16.6. The SMILES string of the molecule is c1coc(C2(C3NCCO3)NCCO2)n1. The molecule has 2 aliphatic heterocycles. The maximum atomic E-state index is 5.71. The fourth-order valence-corrected chi connectivity index (χ4v) is 2.01. The Balaban J connectivity index is 1.94. The molecule has 1 aromatic rings. The van der Waals surface area contributed by atoms with Gasteiger partial charge in [-0.1, -0.05) is 0 Å². The average Bonchev–Trinajstić information content (AvgIpc) is 3.02. The van der Waals surface area contributed by atoms with Crippen molar-refractivity contribution in [3.63, 3.8) is 0 Å². The van der Waals surface area contributed by atoms with E-state index in [1.165, 1.54) is 6.26 Å². The second-order valence-electron chi connectivity index (χ2n) is 3.55. The van der Waals surface area contributed by atoms with Crippen LogP contribution in [0, 0.1) is 0 Å². The molecule has 2 saturated heterocycles. The summed E-state index contributed by atoms with van der Waals surface area (Å²) in [4.78, 5) is 4.14. The minimum atomic E-state index is -0.764. The van der Waals surface area contributed by atoms with E-state index in [-0.39, 0.29) is 6.23 Å². The van der Waals surface area contributed by atoms with E-state index in [0.29, 0.717) is 19.1 Å². The number of hydrogen-bond acceptors (Lipinski definition) is 6. The van der Waals surface area contributed by atoms with Gasteiger partial charge < -0.3 is 13.9 Å². The van der Waals surface area contributed by atoms with Crippen LogP contribution in [-0.4, -0.2) is 37.5 Å². The van der Waals surface area contributed by atoms with Gasteiger partial charge in [-0.2, -0.15) is 0 Å². The van der Waals surface area contributed by atoms with Gasteiger partial charge in [0.25, 0.3) is 0 Å². The molecule has 2 fully saturated rings. The third-order valence-corrected chi connectivity index (χ3v) is 2.65. The third-order valence-electron chi connectivity index (χ3n) is 2.65. The monoisotopic (exact) mass is 211 g/mol. The van der Waals surface area contributed by atoms with Crippen LogP contribution < -0.4 is 10.6 Å². The van der Waals surface area contributed by atoms with Crippen LogP contribution in [0.3, 0.4) is 0 Å². The van der Waals surface area contributed by atoms with Gasteiger partial charge in [-0.15, -0.1) is 0 Å². The molecule has 0 bridgehead atoms. The molecule has 82 valence electrons.